The van der Waals surface area contributed by atoms with Crippen molar-refractivity contribution in [1.29, 1.82) is 0 Å². The fourth-order valence-corrected chi connectivity index (χ4v) is 5.40. The first-order valence-corrected chi connectivity index (χ1v) is 12.2. The van der Waals surface area contributed by atoms with Crippen molar-refractivity contribution in [3.8, 4) is 11.5 Å². The third-order valence-electron chi connectivity index (χ3n) is 7.21. The summed E-state index contributed by atoms with van der Waals surface area (Å²) in [5, 5.41) is 2.77. The van der Waals surface area contributed by atoms with Crippen molar-refractivity contribution in [2.45, 2.75) is 18.9 Å². The van der Waals surface area contributed by atoms with Crippen molar-refractivity contribution in [2.75, 3.05) is 61.6 Å². The Morgan fingerprint density at radius 3 is 2.72 bits per heavy atom. The maximum absolute atomic E-state index is 12.7. The van der Waals surface area contributed by atoms with Crippen molar-refractivity contribution in [1.82, 2.24) is 4.90 Å². The number of aryl methyl sites for hydroxylation is 1. The van der Waals surface area contributed by atoms with E-state index in [0.29, 0.717) is 49.1 Å². The van der Waals surface area contributed by atoms with Crippen LogP contribution in [0.15, 0.2) is 36.4 Å². The normalized spacial score (nSPS) is 21.8. The first kappa shape index (κ1) is 22.7. The summed E-state index contributed by atoms with van der Waals surface area (Å²) in [6.07, 6.45) is 0.646. The average molecular weight is 493 g/mol. The molecule has 3 amide bonds. The van der Waals surface area contributed by atoms with Gasteiger partial charge in [0.1, 0.15) is 17.6 Å². The Balaban J connectivity index is 1.04. The molecule has 4 aliphatic rings. The molecule has 4 heterocycles. The second-order valence-electron chi connectivity index (χ2n) is 9.72. The summed E-state index contributed by atoms with van der Waals surface area (Å²) < 4.78 is 16.4. The molecule has 10 nitrogen and oxygen atoms in total. The molecule has 0 unspecified atom stereocenters. The minimum absolute atomic E-state index is 0.0103. The number of nitrogens with zero attached hydrogens (tertiary/aromatic N) is 3. The molecular formula is C26H28N4O6. The fourth-order valence-electron chi connectivity index (χ4n) is 5.40. The summed E-state index contributed by atoms with van der Waals surface area (Å²) in [5.41, 5.74) is 3.34. The maximum Gasteiger partial charge on any atom is 0.414 e. The van der Waals surface area contributed by atoms with Crippen LogP contribution in [0.5, 0.6) is 11.5 Å². The zero-order chi connectivity index (χ0) is 24.8. The first-order valence-electron chi connectivity index (χ1n) is 12.2. The van der Waals surface area contributed by atoms with Crippen LogP contribution in [0.25, 0.3) is 0 Å². The van der Waals surface area contributed by atoms with E-state index in [1.165, 1.54) is 5.56 Å². The quantitative estimate of drug-likeness (QED) is 0.660. The van der Waals surface area contributed by atoms with Gasteiger partial charge in [-0.15, -0.1) is 0 Å². The van der Waals surface area contributed by atoms with Crippen LogP contribution in [0, 0.1) is 5.92 Å². The second-order valence-corrected chi connectivity index (χ2v) is 9.72. The van der Waals surface area contributed by atoms with Crippen LogP contribution in [0.1, 0.15) is 12.0 Å². The summed E-state index contributed by atoms with van der Waals surface area (Å²) >= 11 is 0. The number of methoxy groups -OCH3 is 1. The molecule has 1 N–H and O–H groups in total. The molecule has 0 saturated carbocycles. The largest absolute Gasteiger partial charge is 0.497 e. The number of rotatable bonds is 6. The molecular weight excluding hydrogens is 464 g/mol. The van der Waals surface area contributed by atoms with E-state index in [4.69, 9.17) is 14.2 Å². The number of ether oxygens (including phenoxy) is 3. The molecule has 0 radical (unpaired) electrons. The molecule has 188 valence electrons. The Morgan fingerprint density at radius 1 is 1.03 bits per heavy atom. The van der Waals surface area contributed by atoms with Crippen molar-refractivity contribution >= 4 is 35.0 Å². The van der Waals surface area contributed by atoms with Crippen molar-refractivity contribution in [2.24, 2.45) is 5.92 Å². The second kappa shape index (κ2) is 9.02. The molecule has 0 aromatic heterocycles. The van der Waals surface area contributed by atoms with Crippen LogP contribution in [0.4, 0.5) is 21.9 Å². The predicted molar refractivity (Wildman–Crippen MR) is 132 cm³/mol. The Morgan fingerprint density at radius 2 is 1.89 bits per heavy atom. The van der Waals surface area contributed by atoms with Gasteiger partial charge in [-0.05, 0) is 36.2 Å². The molecule has 1 atom stereocenters. The molecule has 0 bridgehead atoms. The highest BCUT2D eigenvalue weighted by atomic mass is 16.6. The lowest BCUT2D eigenvalue weighted by molar-refractivity contribution is -0.119. The van der Waals surface area contributed by atoms with Crippen LogP contribution in [0.3, 0.4) is 0 Å². The Bertz CT molecular complexity index is 1230. The van der Waals surface area contributed by atoms with E-state index < -0.39 is 6.09 Å². The van der Waals surface area contributed by atoms with E-state index in [1.807, 2.05) is 23.1 Å². The smallest absolute Gasteiger partial charge is 0.414 e. The standard InChI is InChI=1S/C26H28N4O6/c1-34-19-5-2-17-3-7-25(32)30(22(17)9-19)12-16-10-28(11-16)13-20-14-29(26(33)36-20)18-4-6-23-21(8-18)27-24(31)15-35-23/h2,4-6,8-9,16,20H,3,7,10-15H2,1H3,(H,27,31)/t20-/m1/s1. The van der Waals surface area contributed by atoms with Crippen LogP contribution >= 0.6 is 0 Å². The van der Waals surface area contributed by atoms with E-state index in [0.717, 1.165) is 30.9 Å². The highest BCUT2D eigenvalue weighted by molar-refractivity contribution is 5.98. The maximum atomic E-state index is 12.7. The number of cyclic esters (lactones) is 1. The van der Waals surface area contributed by atoms with Gasteiger partial charge in [-0.3, -0.25) is 19.4 Å². The molecule has 2 saturated heterocycles. The number of carbonyl (C=O) groups excluding carboxylic acids is 3. The summed E-state index contributed by atoms with van der Waals surface area (Å²) in [7, 11) is 1.63. The van der Waals surface area contributed by atoms with E-state index in [2.05, 4.69) is 10.2 Å². The van der Waals surface area contributed by atoms with Gasteiger partial charge < -0.3 is 24.4 Å². The summed E-state index contributed by atoms with van der Waals surface area (Å²) in [6, 6.07) is 11.2. The van der Waals surface area contributed by atoms with Gasteiger partial charge in [0.25, 0.3) is 5.91 Å². The van der Waals surface area contributed by atoms with Crippen molar-refractivity contribution < 1.29 is 28.6 Å². The minimum Gasteiger partial charge on any atom is -0.497 e. The summed E-state index contributed by atoms with van der Waals surface area (Å²) in [5.74, 6) is 1.64. The summed E-state index contributed by atoms with van der Waals surface area (Å²) in [6.45, 7) is 3.44. The van der Waals surface area contributed by atoms with Gasteiger partial charge in [-0.1, -0.05) is 6.07 Å². The van der Waals surface area contributed by atoms with Crippen molar-refractivity contribution in [3.63, 3.8) is 0 Å². The van der Waals surface area contributed by atoms with Gasteiger partial charge in [0.05, 0.1) is 25.0 Å². The van der Waals surface area contributed by atoms with Gasteiger partial charge in [0.15, 0.2) is 6.61 Å². The van der Waals surface area contributed by atoms with Crippen LogP contribution in [-0.2, 0) is 20.7 Å². The van der Waals surface area contributed by atoms with Crippen LogP contribution in [-0.4, -0.2) is 75.4 Å². The van der Waals surface area contributed by atoms with Gasteiger partial charge in [-0.25, -0.2) is 4.79 Å². The van der Waals surface area contributed by atoms with Gasteiger partial charge in [-0.2, -0.15) is 0 Å². The van der Waals surface area contributed by atoms with E-state index >= 15 is 0 Å². The lowest BCUT2D eigenvalue weighted by Crippen LogP contribution is -2.55. The third kappa shape index (κ3) is 4.21. The van der Waals surface area contributed by atoms with Crippen LogP contribution in [0.2, 0.25) is 0 Å². The number of anilines is 3. The van der Waals surface area contributed by atoms with E-state index in [9.17, 15) is 14.4 Å². The SMILES string of the molecule is COc1ccc2c(c1)N(CC1CN(C[C@@H]3CN(c4ccc5c(c4)NC(=O)CO5)C(=O)O3)C1)C(=O)CC2. The molecule has 10 heteroatoms. The molecule has 6 rings (SSSR count). The summed E-state index contributed by atoms with van der Waals surface area (Å²) in [4.78, 5) is 42.6. The number of amides is 3. The number of hydrogen-bond donors (Lipinski definition) is 1. The average Bonchev–Trinajstić information content (AvgIpc) is 3.23. The topological polar surface area (TPSA) is 101 Å². The Kier molecular flexibility index (Phi) is 5.67. The van der Waals surface area contributed by atoms with Crippen LogP contribution < -0.4 is 24.6 Å². The first-order chi connectivity index (χ1) is 17.5. The number of hydrogen-bond acceptors (Lipinski definition) is 7. The lowest BCUT2D eigenvalue weighted by atomic mass is 9.95. The molecule has 2 aromatic carbocycles. The minimum atomic E-state index is -0.399. The van der Waals surface area contributed by atoms with E-state index in [1.54, 1.807) is 30.2 Å². The van der Waals surface area contributed by atoms with Gasteiger partial charge in [0.2, 0.25) is 5.91 Å². The number of likely N-dealkylation sites (tertiary alicyclic amines) is 1. The molecule has 4 aliphatic heterocycles. The van der Waals surface area contributed by atoms with E-state index in [-0.39, 0.29) is 24.5 Å². The highest BCUT2D eigenvalue weighted by Gasteiger charge is 2.38. The number of benzene rings is 2. The van der Waals surface area contributed by atoms with Gasteiger partial charge in [0, 0.05) is 50.3 Å². The molecule has 2 aromatic rings. The Hall–Kier alpha value is -3.79. The lowest BCUT2D eigenvalue weighted by Gasteiger charge is -2.43. The zero-order valence-electron chi connectivity index (χ0n) is 20.1. The Labute approximate surface area is 208 Å². The zero-order valence-corrected chi connectivity index (χ0v) is 20.1. The fraction of sp³-hybridized carbons (Fsp3) is 0.423. The number of carbonyl (C=O) groups is 3. The monoisotopic (exact) mass is 492 g/mol. The molecule has 0 aliphatic carbocycles. The number of fused-ring (bicyclic) bond motifs is 2. The molecule has 0 spiro atoms. The third-order valence-corrected chi connectivity index (χ3v) is 7.21. The van der Waals surface area contributed by atoms with Gasteiger partial charge >= 0.3 is 6.09 Å². The predicted octanol–water partition coefficient (Wildman–Crippen LogP) is 2.26. The molecule has 2 fully saturated rings. The number of nitrogens with one attached hydrogen (secondary N) is 1. The highest BCUT2D eigenvalue weighted by Crippen LogP contribution is 2.35. The van der Waals surface area contributed by atoms with Crippen molar-refractivity contribution in [3.05, 3.63) is 42.0 Å². The molecule has 36 heavy (non-hydrogen) atoms.